The number of imidazole rings is 1. The van der Waals surface area contributed by atoms with Gasteiger partial charge in [-0.05, 0) is 30.3 Å². The molecule has 1 aromatic carbocycles. The number of anilines is 1. The summed E-state index contributed by atoms with van der Waals surface area (Å²) in [6, 6.07) is 11.1. The van der Waals surface area contributed by atoms with Crippen LogP contribution in [0.4, 0.5) is 5.69 Å². The molecular formula is C15H11BrClN3O. The average Bonchev–Trinajstić information content (AvgIpc) is 2.79. The predicted molar refractivity (Wildman–Crippen MR) is 86.7 cm³/mol. The number of benzene rings is 1. The van der Waals surface area contributed by atoms with Gasteiger partial charge < -0.3 is 9.72 Å². The van der Waals surface area contributed by atoms with Gasteiger partial charge in [-0.2, -0.15) is 0 Å². The van der Waals surface area contributed by atoms with Gasteiger partial charge in [-0.3, -0.25) is 4.79 Å². The van der Waals surface area contributed by atoms with Crippen molar-refractivity contribution in [3.8, 4) is 0 Å². The number of nitrogens with zero attached hydrogens (tertiary/aromatic N) is 2. The predicted octanol–water partition coefficient (Wildman–Crippen LogP) is 3.93. The van der Waals surface area contributed by atoms with Crippen LogP contribution in [-0.4, -0.2) is 15.3 Å². The molecule has 21 heavy (non-hydrogen) atoms. The number of fused-ring (bicyclic) bond motifs is 1. The molecule has 0 aliphatic rings. The summed E-state index contributed by atoms with van der Waals surface area (Å²) >= 11 is 9.29. The second-order valence-corrected chi connectivity index (χ2v) is 5.93. The van der Waals surface area contributed by atoms with Crippen molar-refractivity contribution in [1.29, 1.82) is 0 Å². The summed E-state index contributed by atoms with van der Waals surface area (Å²) < 4.78 is 2.73. The first kappa shape index (κ1) is 14.1. The summed E-state index contributed by atoms with van der Waals surface area (Å²) in [6.45, 7) is 0. The van der Waals surface area contributed by atoms with E-state index in [1.807, 2.05) is 40.9 Å². The van der Waals surface area contributed by atoms with E-state index in [0.29, 0.717) is 10.7 Å². The molecule has 1 amide bonds. The molecule has 0 saturated carbocycles. The lowest BCUT2D eigenvalue weighted by Crippen LogP contribution is -2.14. The number of aromatic nitrogens is 2. The summed E-state index contributed by atoms with van der Waals surface area (Å²) in [5.41, 5.74) is 2.22. The summed E-state index contributed by atoms with van der Waals surface area (Å²) in [4.78, 5) is 16.4. The number of amides is 1. The Balaban J connectivity index is 1.74. The fraction of sp³-hybridized carbons (Fsp3) is 0.0667. The molecule has 2 heterocycles. The maximum atomic E-state index is 12.0. The van der Waals surface area contributed by atoms with Crippen molar-refractivity contribution >= 4 is 44.8 Å². The molecule has 0 bridgehead atoms. The van der Waals surface area contributed by atoms with Crippen LogP contribution < -0.4 is 5.32 Å². The number of carbonyl (C=O) groups excluding carboxylic acids is 1. The van der Waals surface area contributed by atoms with E-state index < -0.39 is 0 Å². The van der Waals surface area contributed by atoms with Crippen LogP contribution in [0.15, 0.2) is 53.3 Å². The lowest BCUT2D eigenvalue weighted by Gasteiger charge is -2.04. The van der Waals surface area contributed by atoms with Gasteiger partial charge in [-0.1, -0.05) is 33.6 Å². The topological polar surface area (TPSA) is 46.4 Å². The monoisotopic (exact) mass is 363 g/mol. The van der Waals surface area contributed by atoms with Crippen LogP contribution in [0, 0.1) is 0 Å². The molecule has 4 nitrogen and oxygen atoms in total. The highest BCUT2D eigenvalue weighted by Gasteiger charge is 2.08. The number of hydrogen-bond donors (Lipinski definition) is 1. The fourth-order valence-electron chi connectivity index (χ4n) is 2.04. The van der Waals surface area contributed by atoms with Crippen LogP contribution in [0.5, 0.6) is 0 Å². The molecule has 0 saturated heterocycles. The standard InChI is InChI=1S/C15H11BrClN3O/c16-10-2-1-3-12(6-10)19-15(21)7-13-9-20-8-11(17)4-5-14(20)18-13/h1-6,8-9H,7H2,(H,19,21). The van der Waals surface area contributed by atoms with Crippen molar-refractivity contribution in [2.45, 2.75) is 6.42 Å². The lowest BCUT2D eigenvalue weighted by molar-refractivity contribution is -0.115. The van der Waals surface area contributed by atoms with Gasteiger partial charge >= 0.3 is 0 Å². The van der Waals surface area contributed by atoms with E-state index in [2.05, 4.69) is 26.2 Å². The zero-order chi connectivity index (χ0) is 14.8. The quantitative estimate of drug-likeness (QED) is 0.765. The highest BCUT2D eigenvalue weighted by molar-refractivity contribution is 9.10. The Kier molecular flexibility index (Phi) is 3.94. The molecule has 2 aromatic heterocycles. The smallest absolute Gasteiger partial charge is 0.230 e. The van der Waals surface area contributed by atoms with Crippen molar-refractivity contribution in [2.75, 3.05) is 5.32 Å². The molecule has 1 N–H and O–H groups in total. The molecule has 6 heteroatoms. The third-order valence-electron chi connectivity index (χ3n) is 2.91. The fourth-order valence-corrected chi connectivity index (χ4v) is 2.61. The second kappa shape index (κ2) is 5.87. The van der Waals surface area contributed by atoms with Crippen LogP contribution in [0.25, 0.3) is 5.65 Å². The SMILES string of the molecule is O=C(Cc1cn2cc(Cl)ccc2n1)Nc1cccc(Br)c1. The van der Waals surface area contributed by atoms with E-state index in [4.69, 9.17) is 11.6 Å². The van der Waals surface area contributed by atoms with Gasteiger partial charge in [0, 0.05) is 22.6 Å². The third kappa shape index (κ3) is 3.43. The first-order valence-corrected chi connectivity index (χ1v) is 7.46. The highest BCUT2D eigenvalue weighted by Crippen LogP contribution is 2.16. The van der Waals surface area contributed by atoms with Gasteiger partial charge in [0.15, 0.2) is 0 Å². The van der Waals surface area contributed by atoms with E-state index in [-0.39, 0.29) is 12.3 Å². The molecule has 3 aromatic rings. The molecule has 0 radical (unpaired) electrons. The maximum absolute atomic E-state index is 12.0. The normalized spacial score (nSPS) is 10.8. The number of rotatable bonds is 3. The second-order valence-electron chi connectivity index (χ2n) is 4.58. The number of carbonyl (C=O) groups is 1. The van der Waals surface area contributed by atoms with Crippen LogP contribution in [0.3, 0.4) is 0 Å². The molecule has 0 atom stereocenters. The van der Waals surface area contributed by atoms with Crippen molar-refractivity contribution in [3.05, 3.63) is 64.0 Å². The minimum Gasteiger partial charge on any atom is -0.326 e. The van der Waals surface area contributed by atoms with Gasteiger partial charge in [-0.25, -0.2) is 4.98 Å². The minimum absolute atomic E-state index is 0.109. The van der Waals surface area contributed by atoms with Crippen molar-refractivity contribution in [3.63, 3.8) is 0 Å². The average molecular weight is 365 g/mol. The van der Waals surface area contributed by atoms with Gasteiger partial charge in [0.05, 0.1) is 17.1 Å². The zero-order valence-corrected chi connectivity index (χ0v) is 13.2. The van der Waals surface area contributed by atoms with E-state index in [1.165, 1.54) is 0 Å². The van der Waals surface area contributed by atoms with E-state index in [0.717, 1.165) is 15.8 Å². The first-order chi connectivity index (χ1) is 10.1. The summed E-state index contributed by atoms with van der Waals surface area (Å²) in [5, 5.41) is 3.47. The Morgan fingerprint density at radius 2 is 2.14 bits per heavy atom. The largest absolute Gasteiger partial charge is 0.326 e. The molecule has 0 unspecified atom stereocenters. The summed E-state index contributed by atoms with van der Waals surface area (Å²) in [7, 11) is 0. The lowest BCUT2D eigenvalue weighted by atomic mass is 10.3. The van der Waals surface area contributed by atoms with Gasteiger partial charge in [0.1, 0.15) is 5.65 Å². The van der Waals surface area contributed by atoms with Crippen molar-refractivity contribution < 1.29 is 4.79 Å². The Bertz CT molecular complexity index is 816. The molecule has 0 aliphatic carbocycles. The minimum atomic E-state index is -0.109. The molecule has 0 aliphatic heterocycles. The van der Waals surface area contributed by atoms with Crippen molar-refractivity contribution in [1.82, 2.24) is 9.38 Å². The zero-order valence-electron chi connectivity index (χ0n) is 10.9. The summed E-state index contributed by atoms with van der Waals surface area (Å²) in [5.74, 6) is -0.109. The third-order valence-corrected chi connectivity index (χ3v) is 3.63. The highest BCUT2D eigenvalue weighted by atomic mass is 79.9. The number of hydrogen-bond acceptors (Lipinski definition) is 2. The Hall–Kier alpha value is -1.85. The maximum Gasteiger partial charge on any atom is 0.230 e. The molecule has 0 spiro atoms. The molecular weight excluding hydrogens is 354 g/mol. The Morgan fingerprint density at radius 1 is 1.29 bits per heavy atom. The number of pyridine rings is 1. The Morgan fingerprint density at radius 3 is 2.95 bits per heavy atom. The Labute approximate surface area is 134 Å². The number of halogens is 2. The van der Waals surface area contributed by atoms with E-state index >= 15 is 0 Å². The van der Waals surface area contributed by atoms with Crippen molar-refractivity contribution in [2.24, 2.45) is 0 Å². The molecule has 3 rings (SSSR count). The van der Waals surface area contributed by atoms with E-state index in [9.17, 15) is 4.79 Å². The number of nitrogens with one attached hydrogen (secondary N) is 1. The van der Waals surface area contributed by atoms with Crippen LogP contribution in [0.2, 0.25) is 5.02 Å². The first-order valence-electron chi connectivity index (χ1n) is 6.29. The summed E-state index contributed by atoms with van der Waals surface area (Å²) in [6.07, 6.45) is 3.78. The molecule has 106 valence electrons. The van der Waals surface area contributed by atoms with Gasteiger partial charge in [0.2, 0.25) is 5.91 Å². The van der Waals surface area contributed by atoms with Crippen LogP contribution in [-0.2, 0) is 11.2 Å². The van der Waals surface area contributed by atoms with Crippen LogP contribution in [0.1, 0.15) is 5.69 Å². The molecule has 0 fully saturated rings. The van der Waals surface area contributed by atoms with Gasteiger partial charge in [0.25, 0.3) is 0 Å². The van der Waals surface area contributed by atoms with Crippen LogP contribution >= 0.6 is 27.5 Å². The van der Waals surface area contributed by atoms with E-state index in [1.54, 1.807) is 12.3 Å². The van der Waals surface area contributed by atoms with Gasteiger partial charge in [-0.15, -0.1) is 0 Å².